The first-order chi connectivity index (χ1) is 19.9. The van der Waals surface area contributed by atoms with Gasteiger partial charge in [-0.05, 0) is 48.6 Å². The molecule has 12 heteroatoms. The number of carboxylic acids is 1. The number of hydrogen-bond acceptors (Lipinski definition) is 5. The quantitative estimate of drug-likeness (QED) is 0.215. The fourth-order valence-corrected chi connectivity index (χ4v) is 5.21. The van der Waals surface area contributed by atoms with E-state index < -0.39 is 54.3 Å². The van der Waals surface area contributed by atoms with Crippen LogP contribution in [0.4, 0.5) is 10.5 Å². The highest BCUT2D eigenvalue weighted by molar-refractivity contribution is 5.98. The zero-order valence-corrected chi connectivity index (χ0v) is 23.8. The van der Waals surface area contributed by atoms with Crippen LogP contribution in [0, 0.1) is 12.8 Å². The molecule has 0 spiro atoms. The number of hydrogen-bond donors (Lipinski definition) is 6. The number of aromatic amines is 1. The van der Waals surface area contributed by atoms with Gasteiger partial charge in [-0.15, -0.1) is 0 Å². The third-order valence-electron chi connectivity index (χ3n) is 7.22. The second kappa shape index (κ2) is 12.8. The molecule has 0 radical (unpaired) electrons. The molecule has 1 aromatic heterocycles. The lowest BCUT2D eigenvalue weighted by Gasteiger charge is -2.35. The summed E-state index contributed by atoms with van der Waals surface area (Å²) in [4.78, 5) is 68.4. The molecule has 3 aromatic rings. The lowest BCUT2D eigenvalue weighted by molar-refractivity contribution is -0.140. The smallest absolute Gasteiger partial charge is 0.322 e. The van der Waals surface area contributed by atoms with Crippen LogP contribution in [0.2, 0.25) is 0 Å². The van der Waals surface area contributed by atoms with Crippen LogP contribution in [0.25, 0.3) is 10.9 Å². The summed E-state index contributed by atoms with van der Waals surface area (Å²) in [5.41, 5.74) is 9.44. The second-order valence-electron chi connectivity index (χ2n) is 11.0. The lowest BCUT2D eigenvalue weighted by atomic mass is 9.95. The molecule has 2 aromatic carbocycles. The molecule has 0 aliphatic carbocycles. The number of urea groups is 1. The Morgan fingerprint density at radius 1 is 1.05 bits per heavy atom. The van der Waals surface area contributed by atoms with Gasteiger partial charge in [-0.2, -0.15) is 0 Å². The van der Waals surface area contributed by atoms with E-state index in [1.807, 2.05) is 63.2 Å². The zero-order valence-electron chi connectivity index (χ0n) is 23.8. The summed E-state index contributed by atoms with van der Waals surface area (Å²) in [5.74, 6) is -3.64. The standard InChI is InChI=1S/C30H36N6O6/c1-16(2)11-23(28(40)34-22(27(31)39)14-26(37)38)35-29(41)25-13-20-19-9-4-5-10-21(19)33-24(20)15-36(25)30(42)32-18-8-6-7-17(3)12-18/h4-10,12,16,22-23,25,33H,11,13-15H2,1-3H3,(H2,31,39)(H,32,42)(H,34,40)(H,35,41)(H,37,38)/t22-,23-,25-/m1/s1. The Balaban J connectivity index is 1.62. The number of fused-ring (bicyclic) bond motifs is 3. The number of rotatable bonds is 10. The molecule has 5 amide bonds. The number of primary amides is 1. The van der Waals surface area contributed by atoms with E-state index in [1.165, 1.54) is 4.90 Å². The maximum Gasteiger partial charge on any atom is 0.322 e. The summed E-state index contributed by atoms with van der Waals surface area (Å²) in [5, 5.41) is 18.1. The van der Waals surface area contributed by atoms with E-state index in [0.717, 1.165) is 27.7 Å². The molecule has 12 nitrogen and oxygen atoms in total. The van der Waals surface area contributed by atoms with Gasteiger partial charge in [-0.1, -0.05) is 44.2 Å². The normalized spacial score (nSPS) is 15.9. The van der Waals surface area contributed by atoms with Crippen molar-refractivity contribution in [3.8, 4) is 0 Å². The molecular weight excluding hydrogens is 540 g/mol. The van der Waals surface area contributed by atoms with Gasteiger partial charge in [0.15, 0.2) is 0 Å². The number of para-hydroxylation sites is 1. The number of aliphatic carboxylic acids is 1. The summed E-state index contributed by atoms with van der Waals surface area (Å²) in [6, 6.07) is 11.0. The minimum Gasteiger partial charge on any atom is -0.481 e. The van der Waals surface area contributed by atoms with E-state index in [0.29, 0.717) is 5.69 Å². The molecule has 0 saturated carbocycles. The highest BCUT2D eigenvalue weighted by atomic mass is 16.4. The number of nitrogens with one attached hydrogen (secondary N) is 4. The van der Waals surface area contributed by atoms with E-state index in [4.69, 9.17) is 10.8 Å². The number of carboxylic acid groups (broad SMARTS) is 1. The summed E-state index contributed by atoms with van der Waals surface area (Å²) in [6.07, 6.45) is -0.287. The first-order valence-electron chi connectivity index (χ1n) is 13.8. The number of nitrogens with zero attached hydrogens (tertiary/aromatic N) is 1. The largest absolute Gasteiger partial charge is 0.481 e. The van der Waals surface area contributed by atoms with Gasteiger partial charge in [0.1, 0.15) is 18.1 Å². The third kappa shape index (κ3) is 7.06. The minimum atomic E-state index is -1.44. The van der Waals surface area contributed by atoms with Gasteiger partial charge >= 0.3 is 12.0 Å². The molecule has 222 valence electrons. The number of nitrogens with two attached hydrogens (primary N) is 1. The van der Waals surface area contributed by atoms with Crippen LogP contribution in [0.5, 0.6) is 0 Å². The summed E-state index contributed by atoms with van der Waals surface area (Å²) in [7, 11) is 0. The van der Waals surface area contributed by atoms with E-state index in [2.05, 4.69) is 20.9 Å². The van der Waals surface area contributed by atoms with Gasteiger partial charge in [0.25, 0.3) is 0 Å². The zero-order chi connectivity index (χ0) is 30.6. The van der Waals surface area contributed by atoms with E-state index >= 15 is 0 Å². The van der Waals surface area contributed by atoms with Crippen LogP contribution in [0.1, 0.15) is 43.5 Å². The van der Waals surface area contributed by atoms with Crippen molar-refractivity contribution in [2.45, 2.75) is 64.7 Å². The SMILES string of the molecule is Cc1cccc(NC(=O)N2Cc3[nH]c4ccccc4c3C[C@@H]2C(=O)N[C@H](CC(C)C)C(=O)N[C@H](CC(=O)O)C(N)=O)c1. The van der Waals surface area contributed by atoms with Crippen LogP contribution < -0.4 is 21.7 Å². The Morgan fingerprint density at radius 2 is 1.79 bits per heavy atom. The average molecular weight is 577 g/mol. The Bertz CT molecular complexity index is 1510. The molecule has 0 saturated heterocycles. The predicted octanol–water partition coefficient (Wildman–Crippen LogP) is 2.41. The van der Waals surface area contributed by atoms with Crippen molar-refractivity contribution in [2.24, 2.45) is 11.7 Å². The van der Waals surface area contributed by atoms with Crippen LogP contribution >= 0.6 is 0 Å². The Morgan fingerprint density at radius 3 is 2.45 bits per heavy atom. The van der Waals surface area contributed by atoms with E-state index in [-0.39, 0.29) is 25.3 Å². The Kier molecular flexibility index (Phi) is 9.14. The second-order valence-corrected chi connectivity index (χ2v) is 11.0. The van der Waals surface area contributed by atoms with Gasteiger partial charge < -0.3 is 36.7 Å². The lowest BCUT2D eigenvalue weighted by Crippen LogP contribution is -2.59. The summed E-state index contributed by atoms with van der Waals surface area (Å²) < 4.78 is 0. The molecule has 1 aliphatic rings. The fourth-order valence-electron chi connectivity index (χ4n) is 5.21. The van der Waals surface area contributed by atoms with Gasteiger partial charge in [0.2, 0.25) is 17.7 Å². The molecule has 0 unspecified atom stereocenters. The van der Waals surface area contributed by atoms with Gasteiger partial charge in [-0.3, -0.25) is 19.2 Å². The number of carbonyl (C=O) groups excluding carboxylic acids is 4. The number of anilines is 1. The van der Waals surface area contributed by atoms with Crippen LogP contribution in [0.3, 0.4) is 0 Å². The Hall–Kier alpha value is -4.87. The maximum atomic E-state index is 13.9. The molecule has 3 atom stereocenters. The summed E-state index contributed by atoms with van der Waals surface area (Å²) in [6.45, 7) is 5.75. The van der Waals surface area contributed by atoms with Crippen molar-refractivity contribution < 1.29 is 29.1 Å². The van der Waals surface area contributed by atoms with Crippen molar-refractivity contribution in [2.75, 3.05) is 5.32 Å². The van der Waals surface area contributed by atoms with Crippen molar-refractivity contribution in [1.82, 2.24) is 20.5 Å². The highest BCUT2D eigenvalue weighted by Gasteiger charge is 2.38. The molecule has 4 rings (SSSR count). The molecule has 42 heavy (non-hydrogen) atoms. The van der Waals surface area contributed by atoms with Gasteiger partial charge in [-0.25, -0.2) is 4.79 Å². The number of H-pyrrole nitrogens is 1. The fraction of sp³-hybridized carbons (Fsp3) is 0.367. The van der Waals surface area contributed by atoms with Gasteiger partial charge in [0, 0.05) is 28.7 Å². The van der Waals surface area contributed by atoms with Crippen LogP contribution in [-0.2, 0) is 32.1 Å². The predicted molar refractivity (Wildman–Crippen MR) is 156 cm³/mol. The first kappa shape index (κ1) is 30.1. The maximum absolute atomic E-state index is 13.9. The van der Waals surface area contributed by atoms with Crippen LogP contribution in [-0.4, -0.2) is 62.8 Å². The van der Waals surface area contributed by atoms with Gasteiger partial charge in [0.05, 0.1) is 13.0 Å². The topological polar surface area (TPSA) is 187 Å². The molecule has 1 aliphatic heterocycles. The summed E-state index contributed by atoms with van der Waals surface area (Å²) >= 11 is 0. The van der Waals surface area contributed by atoms with E-state index in [9.17, 15) is 24.0 Å². The van der Waals surface area contributed by atoms with Crippen molar-refractivity contribution in [3.63, 3.8) is 0 Å². The van der Waals surface area contributed by atoms with E-state index in [1.54, 1.807) is 6.07 Å². The number of benzene rings is 2. The molecular formula is C30H36N6O6. The Labute approximate surface area is 243 Å². The molecule has 7 N–H and O–H groups in total. The first-order valence-corrected chi connectivity index (χ1v) is 13.8. The van der Waals surface area contributed by atoms with Crippen molar-refractivity contribution in [3.05, 3.63) is 65.4 Å². The number of carbonyl (C=O) groups is 5. The number of aromatic nitrogens is 1. The minimum absolute atomic E-state index is 0.0418. The van der Waals surface area contributed by atoms with Crippen molar-refractivity contribution >= 4 is 46.3 Å². The molecule has 0 fully saturated rings. The average Bonchev–Trinajstić information content (AvgIpc) is 3.28. The molecule has 2 heterocycles. The van der Waals surface area contributed by atoms with Crippen molar-refractivity contribution in [1.29, 1.82) is 0 Å². The number of aryl methyl sites for hydroxylation is 1. The number of amides is 5. The monoisotopic (exact) mass is 576 g/mol. The highest BCUT2D eigenvalue weighted by Crippen LogP contribution is 2.31. The third-order valence-corrected chi connectivity index (χ3v) is 7.22. The van der Waals surface area contributed by atoms with Crippen LogP contribution in [0.15, 0.2) is 48.5 Å². The molecule has 0 bridgehead atoms.